The summed E-state index contributed by atoms with van der Waals surface area (Å²) in [6, 6.07) is 6.09. The fraction of sp³-hybridized carbons (Fsp3) is 0.250. The van der Waals surface area contributed by atoms with Gasteiger partial charge in [-0.25, -0.2) is 0 Å². The molecular formula is C12H10ClN3O2. The Hall–Kier alpha value is -2.06. The van der Waals surface area contributed by atoms with Crippen molar-refractivity contribution >= 4 is 29.1 Å². The van der Waals surface area contributed by atoms with Gasteiger partial charge in [-0.15, -0.1) is 0 Å². The first kappa shape index (κ1) is 12.4. The van der Waals surface area contributed by atoms with Crippen LogP contribution >= 0.6 is 11.6 Å². The number of nitrogens with zero attached hydrogens (tertiary/aromatic N) is 2. The maximum atomic E-state index is 11.7. The summed E-state index contributed by atoms with van der Waals surface area (Å²) in [5.41, 5.74) is 0.921. The third-order valence-electron chi connectivity index (χ3n) is 2.81. The maximum absolute atomic E-state index is 11.7. The molecule has 1 aliphatic heterocycles. The van der Waals surface area contributed by atoms with Crippen LogP contribution in [0, 0.1) is 11.3 Å². The summed E-state index contributed by atoms with van der Waals surface area (Å²) >= 11 is 5.97. The fourth-order valence-corrected chi connectivity index (χ4v) is 1.93. The van der Waals surface area contributed by atoms with Crippen LogP contribution in [0.3, 0.4) is 0 Å². The summed E-state index contributed by atoms with van der Waals surface area (Å²) in [5.74, 6) is -0.525. The summed E-state index contributed by atoms with van der Waals surface area (Å²) in [6.45, 7) is 0. The molecule has 1 heterocycles. The second-order valence-corrected chi connectivity index (χ2v) is 4.41. The van der Waals surface area contributed by atoms with Crippen LogP contribution in [0.1, 0.15) is 12.0 Å². The minimum absolute atomic E-state index is 0.0996. The van der Waals surface area contributed by atoms with E-state index in [1.807, 2.05) is 6.07 Å². The van der Waals surface area contributed by atoms with Crippen molar-refractivity contribution in [1.82, 2.24) is 4.90 Å². The third-order valence-corrected chi connectivity index (χ3v) is 3.14. The molecule has 1 aromatic carbocycles. The molecular weight excluding hydrogens is 254 g/mol. The summed E-state index contributed by atoms with van der Waals surface area (Å²) < 4.78 is 0. The van der Waals surface area contributed by atoms with Crippen molar-refractivity contribution in [2.75, 3.05) is 12.4 Å². The summed E-state index contributed by atoms with van der Waals surface area (Å²) in [6.07, 6.45) is 0.0996. The maximum Gasteiger partial charge on any atom is 0.251 e. The quantitative estimate of drug-likeness (QED) is 0.818. The SMILES string of the molecule is CN1C(=O)CC(Nc2cc(C#N)ccc2Cl)C1=O. The number of likely N-dealkylation sites (N-methyl/N-ethyl adjacent to an activating group) is 1. The average Bonchev–Trinajstić information content (AvgIpc) is 2.60. The predicted octanol–water partition coefficient (Wildman–Crippen LogP) is 1.38. The van der Waals surface area contributed by atoms with Crippen LogP contribution in [0.2, 0.25) is 5.02 Å². The van der Waals surface area contributed by atoms with Gasteiger partial charge in [0.15, 0.2) is 0 Å². The topological polar surface area (TPSA) is 73.2 Å². The fourth-order valence-electron chi connectivity index (χ4n) is 1.76. The Bertz CT molecular complexity index is 565. The summed E-state index contributed by atoms with van der Waals surface area (Å²) in [4.78, 5) is 24.2. The number of benzene rings is 1. The number of carbonyl (C=O) groups excluding carboxylic acids is 2. The van der Waals surface area contributed by atoms with Crippen molar-refractivity contribution in [3.05, 3.63) is 28.8 Å². The zero-order chi connectivity index (χ0) is 13.3. The normalized spacial score (nSPS) is 18.9. The first-order valence-electron chi connectivity index (χ1n) is 5.29. The van der Waals surface area contributed by atoms with E-state index in [0.717, 1.165) is 4.90 Å². The molecule has 1 saturated heterocycles. The Morgan fingerprint density at radius 1 is 1.50 bits per heavy atom. The molecule has 1 atom stereocenters. The molecule has 1 N–H and O–H groups in total. The molecule has 1 fully saturated rings. The van der Waals surface area contributed by atoms with Gasteiger partial charge in [-0.2, -0.15) is 5.26 Å². The van der Waals surface area contributed by atoms with Crippen molar-refractivity contribution in [2.24, 2.45) is 0 Å². The lowest BCUT2D eigenvalue weighted by Gasteiger charge is -2.13. The van der Waals surface area contributed by atoms with Gasteiger partial charge in [-0.05, 0) is 18.2 Å². The van der Waals surface area contributed by atoms with Crippen molar-refractivity contribution in [2.45, 2.75) is 12.5 Å². The number of anilines is 1. The number of likely N-dealkylation sites (tertiary alicyclic amines) is 1. The number of halogens is 1. The highest BCUT2D eigenvalue weighted by Crippen LogP contribution is 2.25. The van der Waals surface area contributed by atoms with Gasteiger partial charge < -0.3 is 5.32 Å². The number of nitriles is 1. The predicted molar refractivity (Wildman–Crippen MR) is 66.0 cm³/mol. The van der Waals surface area contributed by atoms with Gasteiger partial charge in [0.2, 0.25) is 5.91 Å². The number of hydrogen-bond acceptors (Lipinski definition) is 4. The van der Waals surface area contributed by atoms with E-state index in [0.29, 0.717) is 16.3 Å². The van der Waals surface area contributed by atoms with Gasteiger partial charge in [-0.3, -0.25) is 14.5 Å². The number of hydrogen-bond donors (Lipinski definition) is 1. The molecule has 92 valence electrons. The number of imide groups is 1. The first-order chi connectivity index (χ1) is 8.52. The smallest absolute Gasteiger partial charge is 0.251 e. The van der Waals surface area contributed by atoms with Crippen LogP contribution in [-0.2, 0) is 9.59 Å². The molecule has 2 amide bonds. The second kappa shape index (κ2) is 4.67. The average molecular weight is 264 g/mol. The monoisotopic (exact) mass is 263 g/mol. The lowest BCUT2D eigenvalue weighted by Crippen LogP contribution is -2.31. The highest BCUT2D eigenvalue weighted by Gasteiger charge is 2.36. The van der Waals surface area contributed by atoms with E-state index in [4.69, 9.17) is 16.9 Å². The van der Waals surface area contributed by atoms with Crippen LogP contribution in [0.15, 0.2) is 18.2 Å². The van der Waals surface area contributed by atoms with Crippen molar-refractivity contribution < 1.29 is 9.59 Å². The van der Waals surface area contributed by atoms with Gasteiger partial charge in [-0.1, -0.05) is 11.6 Å². The highest BCUT2D eigenvalue weighted by molar-refractivity contribution is 6.33. The molecule has 1 aliphatic rings. The molecule has 0 radical (unpaired) electrons. The Morgan fingerprint density at radius 2 is 2.22 bits per heavy atom. The number of amides is 2. The van der Waals surface area contributed by atoms with Crippen LogP contribution in [0.5, 0.6) is 0 Å². The van der Waals surface area contributed by atoms with E-state index < -0.39 is 6.04 Å². The molecule has 5 nitrogen and oxygen atoms in total. The molecule has 2 rings (SSSR count). The van der Waals surface area contributed by atoms with Crippen molar-refractivity contribution in [3.8, 4) is 6.07 Å². The van der Waals surface area contributed by atoms with E-state index in [1.54, 1.807) is 18.2 Å². The lowest BCUT2D eigenvalue weighted by molar-refractivity contribution is -0.136. The molecule has 0 aliphatic carbocycles. The zero-order valence-electron chi connectivity index (χ0n) is 9.61. The number of carbonyl (C=O) groups is 2. The summed E-state index contributed by atoms with van der Waals surface area (Å²) in [5, 5.41) is 12.1. The minimum atomic E-state index is -0.617. The van der Waals surface area contributed by atoms with Crippen LogP contribution in [0.25, 0.3) is 0 Å². The van der Waals surface area contributed by atoms with Crippen molar-refractivity contribution in [1.29, 1.82) is 5.26 Å². The number of rotatable bonds is 2. The van der Waals surface area contributed by atoms with E-state index in [-0.39, 0.29) is 18.2 Å². The highest BCUT2D eigenvalue weighted by atomic mass is 35.5. The minimum Gasteiger partial charge on any atom is -0.372 e. The van der Waals surface area contributed by atoms with Gasteiger partial charge in [0.1, 0.15) is 6.04 Å². The Morgan fingerprint density at radius 3 is 2.78 bits per heavy atom. The molecule has 1 aromatic rings. The van der Waals surface area contributed by atoms with Crippen LogP contribution < -0.4 is 5.32 Å². The Balaban J connectivity index is 2.23. The third kappa shape index (κ3) is 2.15. The summed E-state index contributed by atoms with van der Waals surface area (Å²) in [7, 11) is 1.44. The largest absolute Gasteiger partial charge is 0.372 e. The second-order valence-electron chi connectivity index (χ2n) is 4.00. The van der Waals surface area contributed by atoms with Gasteiger partial charge >= 0.3 is 0 Å². The van der Waals surface area contributed by atoms with Crippen molar-refractivity contribution in [3.63, 3.8) is 0 Å². The standard InChI is InChI=1S/C12H10ClN3O2/c1-16-11(17)5-10(12(16)18)15-9-4-7(6-14)2-3-8(9)13/h2-4,10,15H,5H2,1H3. The van der Waals surface area contributed by atoms with E-state index in [9.17, 15) is 9.59 Å². The molecule has 1 unspecified atom stereocenters. The molecule has 0 spiro atoms. The van der Waals surface area contributed by atoms with Gasteiger partial charge in [0, 0.05) is 7.05 Å². The zero-order valence-corrected chi connectivity index (χ0v) is 10.4. The molecule has 0 saturated carbocycles. The van der Waals surface area contributed by atoms with Gasteiger partial charge in [0.05, 0.1) is 28.8 Å². The van der Waals surface area contributed by atoms with E-state index >= 15 is 0 Å². The Kier molecular flexibility index (Phi) is 3.21. The van der Waals surface area contributed by atoms with E-state index in [2.05, 4.69) is 5.32 Å². The van der Waals surface area contributed by atoms with Crippen LogP contribution in [-0.4, -0.2) is 29.8 Å². The molecule has 6 heteroatoms. The molecule has 18 heavy (non-hydrogen) atoms. The van der Waals surface area contributed by atoms with Gasteiger partial charge in [0.25, 0.3) is 5.91 Å². The Labute approximate surface area is 109 Å². The van der Waals surface area contributed by atoms with Crippen LogP contribution in [0.4, 0.5) is 5.69 Å². The molecule has 0 aromatic heterocycles. The number of nitrogens with one attached hydrogen (secondary N) is 1. The molecule has 0 bridgehead atoms. The lowest BCUT2D eigenvalue weighted by atomic mass is 10.2. The first-order valence-corrected chi connectivity index (χ1v) is 5.67. The van der Waals surface area contributed by atoms with E-state index in [1.165, 1.54) is 7.05 Å².